The lowest BCUT2D eigenvalue weighted by Crippen LogP contribution is -2.45. The highest BCUT2D eigenvalue weighted by Crippen LogP contribution is 2.36. The molecule has 1 aliphatic rings. The summed E-state index contributed by atoms with van der Waals surface area (Å²) in [6.45, 7) is 2.13. The molecular weight excluding hydrogens is 680 g/mol. The molecule has 1 saturated carbocycles. The van der Waals surface area contributed by atoms with Gasteiger partial charge in [-0.1, -0.05) is 36.4 Å². The quantitative estimate of drug-likeness (QED) is 0.186. The first kappa shape index (κ1) is 37.5. The molecule has 16 heteroatoms. The second-order valence-electron chi connectivity index (χ2n) is 11.6. The van der Waals surface area contributed by atoms with Gasteiger partial charge in [-0.2, -0.15) is 39.1 Å². The van der Waals surface area contributed by atoms with Gasteiger partial charge in [0.15, 0.2) is 0 Å². The van der Waals surface area contributed by atoms with Gasteiger partial charge in [0.2, 0.25) is 0 Å². The van der Waals surface area contributed by atoms with Crippen molar-refractivity contribution in [3.8, 4) is 5.75 Å². The van der Waals surface area contributed by atoms with Crippen LogP contribution in [0.3, 0.4) is 0 Å². The predicted octanol–water partition coefficient (Wildman–Crippen LogP) is 7.65. The van der Waals surface area contributed by atoms with Crippen molar-refractivity contribution >= 4 is 27.9 Å². The first-order chi connectivity index (χ1) is 23.0. The van der Waals surface area contributed by atoms with E-state index in [9.17, 15) is 44.3 Å². The van der Waals surface area contributed by atoms with Gasteiger partial charge in [-0.3, -0.25) is 10.1 Å². The molecule has 0 aliphatic heterocycles. The van der Waals surface area contributed by atoms with E-state index < -0.39 is 51.3 Å². The van der Waals surface area contributed by atoms with Crippen LogP contribution in [0.5, 0.6) is 5.75 Å². The van der Waals surface area contributed by atoms with E-state index in [1.165, 1.54) is 0 Å². The van der Waals surface area contributed by atoms with E-state index in [-0.39, 0.29) is 49.7 Å². The summed E-state index contributed by atoms with van der Waals surface area (Å²) in [5.74, 6) is -1.25. The van der Waals surface area contributed by atoms with Crippen molar-refractivity contribution < 1.29 is 53.8 Å². The Hall–Kier alpha value is -4.31. The van der Waals surface area contributed by atoms with Crippen LogP contribution in [0, 0.1) is 11.8 Å². The minimum atomic E-state index is -5.22. The van der Waals surface area contributed by atoms with Gasteiger partial charge in [0.25, 0.3) is 5.91 Å². The monoisotopic (exact) mass is 715 g/mol. The number of ether oxygens (including phenoxy) is 2. The van der Waals surface area contributed by atoms with E-state index in [2.05, 4.69) is 5.32 Å². The molecule has 0 bridgehead atoms. The predicted molar refractivity (Wildman–Crippen MR) is 168 cm³/mol. The number of nitrogens with one attached hydrogen (secondary N) is 2. The van der Waals surface area contributed by atoms with E-state index in [0.29, 0.717) is 49.3 Å². The van der Waals surface area contributed by atoms with Crippen LogP contribution >= 0.6 is 0 Å². The number of alkyl halides is 6. The van der Waals surface area contributed by atoms with Crippen LogP contribution < -0.4 is 14.8 Å². The van der Waals surface area contributed by atoms with Gasteiger partial charge in [-0.05, 0) is 80.3 Å². The topological polar surface area (TPSA) is 114 Å². The molecule has 266 valence electrons. The van der Waals surface area contributed by atoms with E-state index in [4.69, 9.17) is 9.47 Å². The number of amides is 2. The maximum absolute atomic E-state index is 13.5. The number of carbonyl (C=O) groups is 2. The Kier molecular flexibility index (Phi) is 12.2. The first-order valence-corrected chi connectivity index (χ1v) is 16.8. The summed E-state index contributed by atoms with van der Waals surface area (Å²) in [6, 6.07) is 15.3. The van der Waals surface area contributed by atoms with Gasteiger partial charge >= 0.3 is 28.7 Å². The average molecular weight is 716 g/mol. The zero-order chi connectivity index (χ0) is 35.8. The van der Waals surface area contributed by atoms with Crippen molar-refractivity contribution in [1.82, 2.24) is 9.03 Å². The van der Waals surface area contributed by atoms with Gasteiger partial charge in [0.1, 0.15) is 5.75 Å². The summed E-state index contributed by atoms with van der Waals surface area (Å²) in [4.78, 5) is 25.2. The van der Waals surface area contributed by atoms with E-state index in [0.717, 1.165) is 4.31 Å². The maximum atomic E-state index is 13.5. The highest BCUT2D eigenvalue weighted by molar-refractivity contribution is 7.87. The van der Waals surface area contributed by atoms with E-state index in [1.807, 2.05) is 6.92 Å². The number of anilines is 1. The standard InChI is InChI=1S/C33H35F6N3O6S/c1-2-47-29-10-6-9-28(18-29)40-31(44)48-21-24-13-11-23(12-14-24)20-42(19-22-7-4-3-5-8-22)49(45,46)41-30(43)25-15-26(32(34,35)36)17-27(16-25)33(37,38)39/h3-10,15-18,23-24H,2,11-14,19-21H2,1H3,(H,40,44)(H,41,43). The van der Waals surface area contributed by atoms with E-state index in [1.54, 1.807) is 59.3 Å². The Balaban J connectivity index is 1.40. The molecule has 1 aliphatic carbocycles. The lowest BCUT2D eigenvalue weighted by molar-refractivity contribution is -0.143. The smallest absolute Gasteiger partial charge is 0.416 e. The molecule has 4 rings (SSSR count). The average Bonchev–Trinajstić information content (AvgIpc) is 3.04. The minimum Gasteiger partial charge on any atom is -0.494 e. The molecule has 3 aromatic rings. The third kappa shape index (κ3) is 11.1. The fourth-order valence-corrected chi connectivity index (χ4v) is 6.62. The zero-order valence-electron chi connectivity index (χ0n) is 26.3. The van der Waals surface area contributed by atoms with Gasteiger partial charge in [-0.25, -0.2) is 9.52 Å². The second kappa shape index (κ2) is 15.9. The highest BCUT2D eigenvalue weighted by Gasteiger charge is 2.38. The Labute approximate surface area is 279 Å². The number of hydrogen-bond donors (Lipinski definition) is 2. The van der Waals surface area contributed by atoms with Crippen LogP contribution in [0.15, 0.2) is 72.8 Å². The number of nitrogens with zero attached hydrogens (tertiary/aromatic N) is 1. The Morgan fingerprint density at radius 3 is 2.04 bits per heavy atom. The van der Waals surface area contributed by atoms with Crippen molar-refractivity contribution in [2.45, 2.75) is 51.5 Å². The van der Waals surface area contributed by atoms with Crippen LogP contribution in [0.2, 0.25) is 0 Å². The first-order valence-electron chi connectivity index (χ1n) is 15.4. The molecule has 0 spiro atoms. The van der Waals surface area contributed by atoms with Crippen LogP contribution in [0.4, 0.5) is 36.8 Å². The largest absolute Gasteiger partial charge is 0.494 e. The fourth-order valence-electron chi connectivity index (χ4n) is 5.41. The molecule has 2 amide bonds. The van der Waals surface area contributed by atoms with Crippen LogP contribution in [-0.2, 0) is 33.8 Å². The minimum absolute atomic E-state index is 0.000574. The second-order valence-corrected chi connectivity index (χ2v) is 13.3. The molecule has 0 saturated heterocycles. The van der Waals surface area contributed by atoms with Crippen molar-refractivity contribution in [2.75, 3.05) is 25.1 Å². The molecule has 0 unspecified atom stereocenters. The van der Waals surface area contributed by atoms with Crippen molar-refractivity contribution in [2.24, 2.45) is 11.8 Å². The van der Waals surface area contributed by atoms with Gasteiger partial charge in [-0.15, -0.1) is 0 Å². The molecule has 49 heavy (non-hydrogen) atoms. The number of halogens is 6. The third-order valence-electron chi connectivity index (χ3n) is 7.88. The molecule has 0 radical (unpaired) electrons. The Morgan fingerprint density at radius 1 is 0.837 bits per heavy atom. The van der Waals surface area contributed by atoms with Crippen molar-refractivity contribution in [1.29, 1.82) is 0 Å². The molecule has 3 aromatic carbocycles. The molecule has 2 N–H and O–H groups in total. The summed E-state index contributed by atoms with van der Waals surface area (Å²) in [5, 5.41) is 2.64. The normalized spacial score (nSPS) is 17.0. The number of rotatable bonds is 12. The third-order valence-corrected chi connectivity index (χ3v) is 9.28. The zero-order valence-corrected chi connectivity index (χ0v) is 27.1. The van der Waals surface area contributed by atoms with Crippen LogP contribution in [0.25, 0.3) is 0 Å². The Morgan fingerprint density at radius 2 is 1.45 bits per heavy atom. The maximum Gasteiger partial charge on any atom is 0.416 e. The molecule has 9 nitrogen and oxygen atoms in total. The lowest BCUT2D eigenvalue weighted by Gasteiger charge is -2.32. The molecule has 0 atom stereocenters. The molecule has 1 fully saturated rings. The molecule has 0 aromatic heterocycles. The van der Waals surface area contributed by atoms with Crippen LogP contribution in [-0.4, -0.2) is 44.5 Å². The molecule has 0 heterocycles. The van der Waals surface area contributed by atoms with Gasteiger partial charge in [0.05, 0.1) is 24.3 Å². The summed E-state index contributed by atoms with van der Waals surface area (Å²) in [5.41, 5.74) is -3.57. The van der Waals surface area contributed by atoms with Crippen molar-refractivity contribution in [3.05, 3.63) is 95.1 Å². The number of benzene rings is 3. The fraction of sp³-hybridized carbons (Fsp3) is 0.394. The Bertz CT molecular complexity index is 1660. The van der Waals surface area contributed by atoms with Gasteiger partial charge in [0, 0.05) is 30.4 Å². The number of hydrogen-bond acceptors (Lipinski definition) is 6. The van der Waals surface area contributed by atoms with E-state index >= 15 is 0 Å². The van der Waals surface area contributed by atoms with Crippen molar-refractivity contribution in [3.63, 3.8) is 0 Å². The number of carbonyl (C=O) groups excluding carboxylic acids is 2. The summed E-state index contributed by atoms with van der Waals surface area (Å²) >= 11 is 0. The SMILES string of the molecule is CCOc1cccc(NC(=O)OCC2CCC(CN(Cc3ccccc3)S(=O)(=O)NC(=O)c3cc(C(F)(F)F)cc(C(F)(F)F)c3)CC2)c1. The molecular formula is C33H35F6N3O6S. The van der Waals surface area contributed by atoms with Crippen LogP contribution in [0.1, 0.15) is 59.7 Å². The van der Waals surface area contributed by atoms with Gasteiger partial charge < -0.3 is 9.47 Å². The summed E-state index contributed by atoms with van der Waals surface area (Å²) in [7, 11) is -4.75. The lowest BCUT2D eigenvalue weighted by atomic mass is 9.82. The summed E-state index contributed by atoms with van der Waals surface area (Å²) in [6.07, 6.45) is -8.85. The highest BCUT2D eigenvalue weighted by atomic mass is 32.2. The summed E-state index contributed by atoms with van der Waals surface area (Å²) < 4.78 is 120.